The summed E-state index contributed by atoms with van der Waals surface area (Å²) in [5.74, 6) is -0.222. The van der Waals surface area contributed by atoms with Crippen LogP contribution < -0.4 is 16.0 Å². The highest BCUT2D eigenvalue weighted by molar-refractivity contribution is 7.12. The first-order valence-electron chi connectivity index (χ1n) is 8.79. The third-order valence-corrected chi connectivity index (χ3v) is 4.91. The molecule has 3 N–H and O–H groups in total. The van der Waals surface area contributed by atoms with Crippen molar-refractivity contribution >= 4 is 46.4 Å². The van der Waals surface area contributed by atoms with Crippen molar-refractivity contribution in [3.05, 3.63) is 82.1 Å². The standard InChI is InChI=1S/C22H21N3O2S/c1-15-8-10-18(24-22(27)23-17-6-4-3-5-7-17)14-20(15)25-21(26)13-12-19-11-9-16(2)28-19/h3-14H,1-2H3,(H,25,26)(H2,23,24,27). The van der Waals surface area contributed by atoms with Gasteiger partial charge >= 0.3 is 6.03 Å². The Bertz CT molecular complexity index is 1010. The van der Waals surface area contributed by atoms with Gasteiger partial charge in [0.05, 0.1) is 0 Å². The summed E-state index contributed by atoms with van der Waals surface area (Å²) in [5, 5.41) is 8.39. The topological polar surface area (TPSA) is 70.2 Å². The number of rotatable bonds is 5. The quantitative estimate of drug-likeness (QED) is 0.491. The largest absolute Gasteiger partial charge is 0.323 e. The summed E-state index contributed by atoms with van der Waals surface area (Å²) in [6.07, 6.45) is 3.30. The smallest absolute Gasteiger partial charge is 0.322 e. The van der Waals surface area contributed by atoms with E-state index >= 15 is 0 Å². The van der Waals surface area contributed by atoms with E-state index in [9.17, 15) is 9.59 Å². The third kappa shape index (κ3) is 5.56. The molecule has 1 aromatic heterocycles. The van der Waals surface area contributed by atoms with Crippen LogP contribution in [-0.2, 0) is 4.79 Å². The molecule has 28 heavy (non-hydrogen) atoms. The van der Waals surface area contributed by atoms with E-state index in [1.165, 1.54) is 11.0 Å². The van der Waals surface area contributed by atoms with E-state index in [1.807, 2.05) is 62.4 Å². The lowest BCUT2D eigenvalue weighted by Crippen LogP contribution is -2.19. The molecular weight excluding hydrogens is 370 g/mol. The van der Waals surface area contributed by atoms with Crippen LogP contribution in [0.2, 0.25) is 0 Å². The number of benzene rings is 2. The first-order chi connectivity index (χ1) is 13.5. The number of hydrogen-bond donors (Lipinski definition) is 3. The van der Waals surface area contributed by atoms with Gasteiger partial charge in [-0.05, 0) is 61.9 Å². The molecule has 5 nitrogen and oxygen atoms in total. The Balaban J connectivity index is 1.63. The summed E-state index contributed by atoms with van der Waals surface area (Å²) in [7, 11) is 0. The Morgan fingerprint density at radius 3 is 2.32 bits per heavy atom. The lowest BCUT2D eigenvalue weighted by Gasteiger charge is -2.11. The molecule has 0 saturated heterocycles. The molecule has 1 heterocycles. The highest BCUT2D eigenvalue weighted by Gasteiger charge is 2.07. The average Bonchev–Trinajstić information content (AvgIpc) is 3.09. The van der Waals surface area contributed by atoms with Gasteiger partial charge in [-0.1, -0.05) is 24.3 Å². The van der Waals surface area contributed by atoms with Gasteiger partial charge in [0.15, 0.2) is 0 Å². The lowest BCUT2D eigenvalue weighted by atomic mass is 10.1. The molecule has 142 valence electrons. The number of urea groups is 1. The van der Waals surface area contributed by atoms with Gasteiger partial charge in [-0.25, -0.2) is 4.79 Å². The molecule has 0 aliphatic rings. The van der Waals surface area contributed by atoms with Gasteiger partial charge in [-0.2, -0.15) is 0 Å². The Hall–Kier alpha value is -3.38. The molecule has 0 saturated carbocycles. The van der Waals surface area contributed by atoms with Crippen molar-refractivity contribution in [3.63, 3.8) is 0 Å². The van der Waals surface area contributed by atoms with E-state index in [-0.39, 0.29) is 11.9 Å². The number of carbonyl (C=O) groups excluding carboxylic acids is 2. The minimum Gasteiger partial charge on any atom is -0.322 e. The van der Waals surface area contributed by atoms with Crippen LogP contribution in [0.1, 0.15) is 15.3 Å². The normalized spacial score (nSPS) is 10.6. The highest BCUT2D eigenvalue weighted by Crippen LogP contribution is 2.21. The Morgan fingerprint density at radius 1 is 0.857 bits per heavy atom. The summed E-state index contributed by atoms with van der Waals surface area (Å²) in [6, 6.07) is 18.2. The van der Waals surface area contributed by atoms with Gasteiger partial charge in [0.25, 0.3) is 0 Å². The van der Waals surface area contributed by atoms with Crippen LogP contribution in [-0.4, -0.2) is 11.9 Å². The van der Waals surface area contributed by atoms with Gasteiger partial charge in [0.1, 0.15) is 0 Å². The molecule has 0 bridgehead atoms. The van der Waals surface area contributed by atoms with Gasteiger partial charge in [0, 0.05) is 32.9 Å². The molecule has 0 fully saturated rings. The van der Waals surface area contributed by atoms with Gasteiger partial charge < -0.3 is 16.0 Å². The summed E-state index contributed by atoms with van der Waals surface area (Å²) < 4.78 is 0. The second-order valence-electron chi connectivity index (χ2n) is 6.25. The van der Waals surface area contributed by atoms with Crippen molar-refractivity contribution < 1.29 is 9.59 Å². The lowest BCUT2D eigenvalue weighted by molar-refractivity contribution is -0.111. The number of amides is 3. The molecule has 0 unspecified atom stereocenters. The van der Waals surface area contributed by atoms with Gasteiger partial charge in [0.2, 0.25) is 5.91 Å². The molecular formula is C22H21N3O2S. The minimum absolute atomic E-state index is 0.222. The summed E-state index contributed by atoms with van der Waals surface area (Å²) >= 11 is 1.63. The summed E-state index contributed by atoms with van der Waals surface area (Å²) in [5.41, 5.74) is 2.85. The maximum atomic E-state index is 12.2. The van der Waals surface area contributed by atoms with Crippen molar-refractivity contribution in [2.45, 2.75) is 13.8 Å². The maximum Gasteiger partial charge on any atom is 0.323 e. The van der Waals surface area contributed by atoms with Gasteiger partial charge in [-0.15, -0.1) is 11.3 Å². The number of hydrogen-bond acceptors (Lipinski definition) is 3. The third-order valence-electron chi connectivity index (χ3n) is 3.95. The monoisotopic (exact) mass is 391 g/mol. The molecule has 3 rings (SSSR count). The predicted molar refractivity (Wildman–Crippen MR) is 117 cm³/mol. The van der Waals surface area contributed by atoms with Crippen LogP contribution in [0.4, 0.5) is 21.9 Å². The van der Waals surface area contributed by atoms with Crippen LogP contribution >= 0.6 is 11.3 Å². The number of thiophene rings is 1. The van der Waals surface area contributed by atoms with Crippen LogP contribution in [0.5, 0.6) is 0 Å². The fraction of sp³-hybridized carbons (Fsp3) is 0.0909. The van der Waals surface area contributed by atoms with Crippen LogP contribution in [0.3, 0.4) is 0 Å². The fourth-order valence-corrected chi connectivity index (χ4v) is 3.30. The van der Waals surface area contributed by atoms with E-state index in [4.69, 9.17) is 0 Å². The SMILES string of the molecule is Cc1ccc(C=CC(=O)Nc2cc(NC(=O)Nc3ccccc3)ccc2C)s1. The van der Waals surface area contributed by atoms with E-state index in [2.05, 4.69) is 16.0 Å². The number of nitrogens with one attached hydrogen (secondary N) is 3. The molecule has 3 amide bonds. The van der Waals surface area contributed by atoms with Crippen LogP contribution in [0, 0.1) is 13.8 Å². The Kier molecular flexibility index (Phi) is 6.24. The second kappa shape index (κ2) is 9.01. The zero-order chi connectivity index (χ0) is 19.9. The first kappa shape index (κ1) is 19.4. The predicted octanol–water partition coefficient (Wildman–Crippen LogP) is 5.66. The fourth-order valence-electron chi connectivity index (χ4n) is 2.52. The molecule has 0 aliphatic heterocycles. The van der Waals surface area contributed by atoms with E-state index in [0.29, 0.717) is 17.1 Å². The molecule has 2 aromatic carbocycles. The van der Waals surface area contributed by atoms with E-state index in [0.717, 1.165) is 10.4 Å². The first-order valence-corrected chi connectivity index (χ1v) is 9.60. The Morgan fingerprint density at radius 2 is 1.61 bits per heavy atom. The number of carbonyl (C=O) groups is 2. The van der Waals surface area contributed by atoms with Crippen LogP contribution in [0.15, 0.2) is 66.7 Å². The number of para-hydroxylation sites is 1. The zero-order valence-electron chi connectivity index (χ0n) is 15.7. The number of anilines is 3. The Labute approximate surface area is 168 Å². The van der Waals surface area contributed by atoms with Crippen molar-refractivity contribution in [1.82, 2.24) is 0 Å². The van der Waals surface area contributed by atoms with Gasteiger partial charge in [-0.3, -0.25) is 4.79 Å². The van der Waals surface area contributed by atoms with Crippen LogP contribution in [0.25, 0.3) is 6.08 Å². The van der Waals surface area contributed by atoms with Crippen molar-refractivity contribution in [3.8, 4) is 0 Å². The van der Waals surface area contributed by atoms with E-state index in [1.54, 1.807) is 29.5 Å². The molecule has 6 heteroatoms. The molecule has 0 aliphatic carbocycles. The van der Waals surface area contributed by atoms with Crippen molar-refractivity contribution in [2.24, 2.45) is 0 Å². The highest BCUT2D eigenvalue weighted by atomic mass is 32.1. The number of aryl methyl sites for hydroxylation is 2. The molecule has 0 atom stereocenters. The molecule has 3 aromatic rings. The maximum absolute atomic E-state index is 12.2. The minimum atomic E-state index is -0.347. The van der Waals surface area contributed by atoms with Crippen molar-refractivity contribution in [2.75, 3.05) is 16.0 Å². The zero-order valence-corrected chi connectivity index (χ0v) is 16.5. The van der Waals surface area contributed by atoms with Crippen molar-refractivity contribution in [1.29, 1.82) is 0 Å². The summed E-state index contributed by atoms with van der Waals surface area (Å²) in [4.78, 5) is 26.6. The molecule has 0 spiro atoms. The molecule has 0 radical (unpaired) electrons. The summed E-state index contributed by atoms with van der Waals surface area (Å²) in [6.45, 7) is 3.92. The average molecular weight is 391 g/mol. The second-order valence-corrected chi connectivity index (χ2v) is 7.57. The van der Waals surface area contributed by atoms with E-state index < -0.39 is 0 Å².